The van der Waals surface area contributed by atoms with Gasteiger partial charge in [-0.15, -0.1) is 0 Å². The Morgan fingerprint density at radius 2 is 1.55 bits per heavy atom. The standard InChI is InChI=1S/C42H35ClN2O8/c1-22(46)23-12-14-26(15-13-23)44-38(48)30-17-16-29-31(35(30)40(44)50)21-32-39(49)45(27-11-7-10-25(43)18-27)41(51)42(32,24-8-5-4-6-9-24)37(29)36-33(47)19-28(52-2)20-34(36)53-3/h4-16,18-20,30-32,35,37,47H,17,21H2,1-3H3/t30-,31+,32-,35-,37+,42+/m0/s1. The fourth-order valence-electron chi connectivity index (χ4n) is 9.32. The summed E-state index contributed by atoms with van der Waals surface area (Å²) in [5, 5.41) is 12.2. The maximum atomic E-state index is 15.5. The topological polar surface area (TPSA) is 131 Å². The molecule has 4 amide bonds. The molecule has 4 aliphatic rings. The zero-order valence-electron chi connectivity index (χ0n) is 29.1. The van der Waals surface area contributed by atoms with E-state index in [0.717, 1.165) is 0 Å². The van der Waals surface area contributed by atoms with E-state index in [-0.39, 0.29) is 41.6 Å². The first-order chi connectivity index (χ1) is 25.5. The second kappa shape index (κ2) is 12.7. The average Bonchev–Trinajstić information content (AvgIpc) is 3.55. The zero-order chi connectivity index (χ0) is 37.3. The third kappa shape index (κ3) is 4.95. The van der Waals surface area contributed by atoms with Crippen LogP contribution in [-0.4, -0.2) is 48.7 Å². The number of aromatic hydroxyl groups is 1. The number of fused-ring (bicyclic) bond motifs is 4. The summed E-state index contributed by atoms with van der Waals surface area (Å²) in [6, 6.07) is 25.0. The first-order valence-corrected chi connectivity index (χ1v) is 17.7. The summed E-state index contributed by atoms with van der Waals surface area (Å²) in [6.07, 6.45) is 2.18. The first-order valence-electron chi connectivity index (χ1n) is 17.4. The summed E-state index contributed by atoms with van der Waals surface area (Å²) in [5.74, 6) is -5.89. The predicted octanol–water partition coefficient (Wildman–Crippen LogP) is 6.63. The lowest BCUT2D eigenvalue weighted by Gasteiger charge is -2.51. The van der Waals surface area contributed by atoms with Crippen LogP contribution in [0.1, 0.15) is 47.2 Å². The fraction of sp³-hybridized carbons (Fsp3) is 0.262. The second-order valence-electron chi connectivity index (χ2n) is 14.0. The van der Waals surface area contributed by atoms with Crippen LogP contribution >= 0.6 is 11.6 Å². The Morgan fingerprint density at radius 1 is 0.811 bits per heavy atom. The number of phenols is 1. The van der Waals surface area contributed by atoms with Crippen LogP contribution in [0, 0.1) is 23.7 Å². The van der Waals surface area contributed by atoms with Gasteiger partial charge in [-0.3, -0.25) is 28.9 Å². The van der Waals surface area contributed by atoms with Gasteiger partial charge < -0.3 is 14.6 Å². The van der Waals surface area contributed by atoms with Gasteiger partial charge in [0.25, 0.3) is 0 Å². The van der Waals surface area contributed by atoms with Gasteiger partial charge in [-0.05, 0) is 73.7 Å². The van der Waals surface area contributed by atoms with Crippen molar-refractivity contribution in [2.75, 3.05) is 24.0 Å². The molecule has 11 heteroatoms. The molecule has 2 aliphatic heterocycles. The molecule has 53 heavy (non-hydrogen) atoms. The van der Waals surface area contributed by atoms with E-state index in [4.69, 9.17) is 21.1 Å². The summed E-state index contributed by atoms with van der Waals surface area (Å²) in [4.78, 5) is 73.5. The van der Waals surface area contributed by atoms with Gasteiger partial charge >= 0.3 is 0 Å². The number of hydrogen-bond donors (Lipinski definition) is 1. The molecule has 4 aromatic carbocycles. The first kappa shape index (κ1) is 34.4. The molecule has 1 N–H and O–H groups in total. The van der Waals surface area contributed by atoms with Gasteiger partial charge in [-0.2, -0.15) is 0 Å². The summed E-state index contributed by atoms with van der Waals surface area (Å²) in [7, 11) is 2.91. The third-order valence-corrected chi connectivity index (χ3v) is 11.8. The van der Waals surface area contributed by atoms with Gasteiger partial charge in [0.1, 0.15) is 17.2 Å². The minimum absolute atomic E-state index is 0.0788. The van der Waals surface area contributed by atoms with Crippen LogP contribution in [0.4, 0.5) is 11.4 Å². The van der Waals surface area contributed by atoms with E-state index in [2.05, 4.69) is 0 Å². The van der Waals surface area contributed by atoms with Crippen molar-refractivity contribution in [2.24, 2.45) is 23.7 Å². The Labute approximate surface area is 310 Å². The van der Waals surface area contributed by atoms with E-state index in [1.165, 1.54) is 37.0 Å². The lowest BCUT2D eigenvalue weighted by molar-refractivity contribution is -0.127. The quantitative estimate of drug-likeness (QED) is 0.127. The maximum absolute atomic E-state index is 15.5. The Bertz CT molecular complexity index is 2250. The van der Waals surface area contributed by atoms with Crippen molar-refractivity contribution in [1.82, 2.24) is 0 Å². The predicted molar refractivity (Wildman–Crippen MR) is 196 cm³/mol. The van der Waals surface area contributed by atoms with E-state index in [0.29, 0.717) is 38.8 Å². The number of benzene rings is 4. The lowest BCUT2D eigenvalue weighted by atomic mass is 9.49. The summed E-state index contributed by atoms with van der Waals surface area (Å²) < 4.78 is 11.4. The molecule has 268 valence electrons. The average molecular weight is 731 g/mol. The highest BCUT2D eigenvalue weighted by Gasteiger charge is 2.71. The van der Waals surface area contributed by atoms with Crippen LogP contribution in [0.2, 0.25) is 5.02 Å². The zero-order valence-corrected chi connectivity index (χ0v) is 29.9. The van der Waals surface area contributed by atoms with Crippen LogP contribution in [0.15, 0.2) is 103 Å². The number of nitrogens with zero attached hydrogens (tertiary/aromatic N) is 2. The van der Waals surface area contributed by atoms with E-state index >= 15 is 4.79 Å². The van der Waals surface area contributed by atoms with E-state index < -0.39 is 52.7 Å². The van der Waals surface area contributed by atoms with Crippen LogP contribution in [0.25, 0.3) is 0 Å². The van der Waals surface area contributed by atoms with Crippen LogP contribution in [0.5, 0.6) is 17.2 Å². The van der Waals surface area contributed by atoms with Crippen molar-refractivity contribution in [3.63, 3.8) is 0 Å². The molecule has 3 fully saturated rings. The molecule has 6 atom stereocenters. The Kier molecular flexibility index (Phi) is 8.25. The van der Waals surface area contributed by atoms with Gasteiger partial charge in [-0.1, -0.05) is 59.6 Å². The SMILES string of the molecule is COc1cc(O)c([C@H]2C3=CC[C@@H]4C(=O)N(c5ccc(C(C)=O)cc5)C(=O)[C@@H]4[C@@H]3C[C@H]3C(=O)N(c4cccc(Cl)c4)C(=O)[C@@]23c2ccccc2)c(OC)c1. The third-order valence-electron chi connectivity index (χ3n) is 11.5. The Morgan fingerprint density at radius 3 is 2.21 bits per heavy atom. The molecule has 0 bridgehead atoms. The van der Waals surface area contributed by atoms with E-state index in [1.807, 2.05) is 24.3 Å². The number of halogens is 1. The number of rotatable bonds is 7. The number of ketones is 1. The number of amides is 4. The summed E-state index contributed by atoms with van der Waals surface area (Å²) >= 11 is 6.40. The minimum Gasteiger partial charge on any atom is -0.507 e. The van der Waals surface area contributed by atoms with Crippen molar-refractivity contribution in [2.45, 2.75) is 31.1 Å². The molecule has 4 aromatic rings. The largest absolute Gasteiger partial charge is 0.507 e. The second-order valence-corrected chi connectivity index (χ2v) is 14.4. The molecule has 2 aliphatic carbocycles. The highest BCUT2D eigenvalue weighted by molar-refractivity contribution is 6.32. The van der Waals surface area contributed by atoms with Gasteiger partial charge in [0.15, 0.2) is 5.78 Å². The van der Waals surface area contributed by atoms with Crippen LogP contribution in [0.3, 0.4) is 0 Å². The molecule has 2 saturated heterocycles. The van der Waals surface area contributed by atoms with Crippen molar-refractivity contribution >= 4 is 52.4 Å². The Hall–Kier alpha value is -5.74. The number of imide groups is 2. The molecule has 0 spiro atoms. The van der Waals surface area contributed by atoms with Gasteiger partial charge in [0.2, 0.25) is 23.6 Å². The number of anilines is 2. The Balaban J connectivity index is 1.36. The molecule has 0 radical (unpaired) electrons. The smallest absolute Gasteiger partial charge is 0.246 e. The molecule has 1 saturated carbocycles. The fourth-order valence-corrected chi connectivity index (χ4v) is 9.51. The number of ether oxygens (including phenoxy) is 2. The number of carbonyl (C=O) groups is 5. The molecule has 0 unspecified atom stereocenters. The number of hydrogen-bond acceptors (Lipinski definition) is 8. The van der Waals surface area contributed by atoms with Crippen molar-refractivity contribution < 1.29 is 38.6 Å². The molecule has 10 nitrogen and oxygen atoms in total. The maximum Gasteiger partial charge on any atom is 0.246 e. The van der Waals surface area contributed by atoms with Gasteiger partial charge in [0.05, 0.1) is 48.8 Å². The van der Waals surface area contributed by atoms with Crippen LogP contribution < -0.4 is 19.3 Å². The molecular weight excluding hydrogens is 696 g/mol. The molecule has 8 rings (SSSR count). The van der Waals surface area contributed by atoms with Crippen LogP contribution in [-0.2, 0) is 24.6 Å². The number of allylic oxidation sites excluding steroid dienone is 2. The number of Topliss-reactive ketones (excluding diaryl/α,β-unsaturated/α-hetero) is 1. The van der Waals surface area contributed by atoms with E-state index in [1.54, 1.807) is 66.7 Å². The highest BCUT2D eigenvalue weighted by Crippen LogP contribution is 2.66. The number of carbonyl (C=O) groups excluding carboxylic acids is 5. The van der Waals surface area contributed by atoms with Gasteiger partial charge in [0, 0.05) is 34.2 Å². The normalized spacial score (nSPS) is 26.2. The summed E-state index contributed by atoms with van der Waals surface area (Å²) in [5.41, 5.74) is 0.960. The lowest BCUT2D eigenvalue weighted by Crippen LogP contribution is -2.53. The molecule has 2 heterocycles. The molecular formula is C42H35ClN2O8. The van der Waals surface area contributed by atoms with Crippen molar-refractivity contribution in [1.29, 1.82) is 0 Å². The summed E-state index contributed by atoms with van der Waals surface area (Å²) in [6.45, 7) is 1.44. The van der Waals surface area contributed by atoms with Crippen molar-refractivity contribution in [3.05, 3.63) is 124 Å². The highest BCUT2D eigenvalue weighted by atomic mass is 35.5. The number of methoxy groups -OCH3 is 2. The van der Waals surface area contributed by atoms with Crippen molar-refractivity contribution in [3.8, 4) is 17.2 Å². The van der Waals surface area contributed by atoms with E-state index in [9.17, 15) is 24.3 Å². The monoisotopic (exact) mass is 730 g/mol. The number of phenolic OH excluding ortho intramolecular Hbond substituents is 1. The molecule has 0 aromatic heterocycles. The van der Waals surface area contributed by atoms with Gasteiger partial charge in [-0.25, -0.2) is 4.90 Å². The minimum atomic E-state index is -1.61.